The van der Waals surface area contributed by atoms with E-state index in [1.54, 1.807) is 29.2 Å². The number of ether oxygens (including phenoxy) is 4. The Hall–Kier alpha value is -5.49. The Balaban J connectivity index is 1.15. The molecule has 296 valence electrons. The van der Waals surface area contributed by atoms with Crippen molar-refractivity contribution in [3.63, 3.8) is 0 Å². The van der Waals surface area contributed by atoms with E-state index in [9.17, 15) is 19.9 Å². The minimum atomic E-state index is -1.12. The van der Waals surface area contributed by atoms with Gasteiger partial charge >= 0.3 is 12.1 Å². The van der Waals surface area contributed by atoms with Gasteiger partial charge < -0.3 is 24.1 Å². The van der Waals surface area contributed by atoms with Crippen molar-refractivity contribution in [2.24, 2.45) is 5.92 Å². The van der Waals surface area contributed by atoms with Gasteiger partial charge in [-0.1, -0.05) is 71.7 Å². The third-order valence-electron chi connectivity index (χ3n) is 10.9. The van der Waals surface area contributed by atoms with Crippen LogP contribution in [-0.2, 0) is 24.3 Å². The highest BCUT2D eigenvalue weighted by molar-refractivity contribution is 6.35. The van der Waals surface area contributed by atoms with E-state index < -0.39 is 11.9 Å². The van der Waals surface area contributed by atoms with Crippen LogP contribution in [0.25, 0.3) is 0 Å². The number of benzene rings is 4. The molecular formula is C44H44Cl2N3O8+. The zero-order valence-electron chi connectivity index (χ0n) is 31.6. The number of carboxylic acids is 1. The number of para-hydroxylation sites is 1. The summed E-state index contributed by atoms with van der Waals surface area (Å²) in [6.07, 6.45) is 4.43. The summed E-state index contributed by atoms with van der Waals surface area (Å²) in [7, 11) is 3.07. The molecule has 0 spiro atoms. The largest absolute Gasteiger partial charge is 0.493 e. The van der Waals surface area contributed by atoms with Crippen LogP contribution in [0.1, 0.15) is 56.9 Å². The lowest BCUT2D eigenvalue weighted by atomic mass is 9.81. The number of carbonyl (C=O) groups excluding carboxylic acids is 1. The molecule has 2 atom stereocenters. The number of carbonyl (C=O) groups is 2. The van der Waals surface area contributed by atoms with Crippen molar-refractivity contribution in [3.8, 4) is 17.2 Å². The molecule has 4 heterocycles. The first-order valence-electron chi connectivity index (χ1n) is 18.7. The van der Waals surface area contributed by atoms with Crippen LogP contribution in [0.2, 0.25) is 10.0 Å². The third-order valence-corrected chi connectivity index (χ3v) is 11.5. The second-order valence-electron chi connectivity index (χ2n) is 14.3. The molecule has 0 unspecified atom stereocenters. The number of hydrogen-bond donors (Lipinski definition) is 2. The maximum absolute atomic E-state index is 13.7. The maximum atomic E-state index is 13.7. The average molecular weight is 814 g/mol. The van der Waals surface area contributed by atoms with Gasteiger partial charge in [0.25, 0.3) is 0 Å². The number of fused-ring (bicyclic) bond motifs is 3. The predicted octanol–water partition coefficient (Wildman–Crippen LogP) is 8.42. The van der Waals surface area contributed by atoms with E-state index >= 15 is 0 Å². The zero-order valence-corrected chi connectivity index (χ0v) is 33.2. The summed E-state index contributed by atoms with van der Waals surface area (Å²) in [5, 5.41) is 21.0. The topological polar surface area (TPSA) is 122 Å². The van der Waals surface area contributed by atoms with E-state index in [4.69, 9.17) is 42.1 Å². The van der Waals surface area contributed by atoms with Crippen LogP contribution in [0, 0.1) is 5.92 Å². The Morgan fingerprint density at radius 2 is 1.60 bits per heavy atom. The molecule has 1 amide bonds. The summed E-state index contributed by atoms with van der Waals surface area (Å²) < 4.78 is 24.3. The zero-order chi connectivity index (χ0) is 40.1. The number of methoxy groups -OCH3 is 2. The maximum Gasteiger partial charge on any atom is 0.414 e. The quantitative estimate of drug-likeness (QED) is 0.0841. The van der Waals surface area contributed by atoms with Crippen molar-refractivity contribution in [1.29, 1.82) is 0 Å². The van der Waals surface area contributed by atoms with Crippen molar-refractivity contribution >= 4 is 41.0 Å². The van der Waals surface area contributed by atoms with Gasteiger partial charge in [-0.05, 0) is 103 Å². The highest BCUT2D eigenvalue weighted by atomic mass is 35.5. The van der Waals surface area contributed by atoms with Gasteiger partial charge in [-0.25, -0.2) is 9.59 Å². The monoisotopic (exact) mass is 812 g/mol. The molecule has 57 heavy (non-hydrogen) atoms. The Morgan fingerprint density at radius 3 is 2.23 bits per heavy atom. The first-order valence-corrected chi connectivity index (χ1v) is 19.5. The van der Waals surface area contributed by atoms with E-state index in [-0.39, 0.29) is 40.8 Å². The van der Waals surface area contributed by atoms with Gasteiger partial charge in [0, 0.05) is 28.4 Å². The highest BCUT2D eigenvalue weighted by Gasteiger charge is 2.37. The molecule has 2 bridgehead atoms. The first-order chi connectivity index (χ1) is 27.6. The Labute approximate surface area is 341 Å². The van der Waals surface area contributed by atoms with Crippen LogP contribution < -0.4 is 23.8 Å². The summed E-state index contributed by atoms with van der Waals surface area (Å²) >= 11 is 13.2. The molecule has 5 aromatic rings. The highest BCUT2D eigenvalue weighted by Crippen LogP contribution is 2.40. The standard InChI is InChI=1S/C44H43Cl2N3O8/c1-54-39-16-13-30(21-40(39)55-2)35(22-36-37(45)24-48(53)25-38(36)46)42-31(7-6-10-34(42)43(50)51)27-56-33-14-11-28(12-15-33)23-49(32-8-4-3-5-9-32)44(52)57-41-26-47-19-17-29(41)18-20-47/h3-16,21,24-25,29,35,41H,17-20,22-23,26-27H2,1-2H3,(H-,50,51,53)/p+1/t35-,41-/m0/s1. The fourth-order valence-electron chi connectivity index (χ4n) is 7.87. The number of aromatic carboxylic acids is 1. The van der Waals surface area contributed by atoms with Crippen molar-refractivity contribution in [2.75, 3.05) is 38.8 Å². The summed E-state index contributed by atoms with van der Waals surface area (Å²) in [6.45, 7) is 3.22. The van der Waals surface area contributed by atoms with Crippen molar-refractivity contribution < 1.29 is 43.6 Å². The van der Waals surface area contributed by atoms with Crippen LogP contribution >= 0.6 is 23.2 Å². The number of hydrogen-bond acceptors (Lipinski definition) is 8. The molecule has 0 radical (unpaired) electrons. The van der Waals surface area contributed by atoms with E-state index in [1.165, 1.54) is 26.6 Å². The molecule has 2 N–H and O–H groups in total. The lowest BCUT2D eigenvalue weighted by molar-refractivity contribution is -0.904. The lowest BCUT2D eigenvalue weighted by Gasteiger charge is -2.44. The second kappa shape index (κ2) is 17.8. The molecule has 3 aliphatic rings. The van der Waals surface area contributed by atoms with E-state index in [1.807, 2.05) is 66.7 Å². The van der Waals surface area contributed by atoms with Crippen LogP contribution in [-0.4, -0.2) is 67.2 Å². The van der Waals surface area contributed by atoms with Crippen LogP contribution in [0.15, 0.2) is 103 Å². The van der Waals surface area contributed by atoms with E-state index in [2.05, 4.69) is 4.90 Å². The number of carboxylic acid groups (broad SMARTS) is 1. The van der Waals surface area contributed by atoms with Gasteiger partial charge in [-0.3, -0.25) is 15.0 Å². The first kappa shape index (κ1) is 39.7. The van der Waals surface area contributed by atoms with Crippen molar-refractivity contribution in [1.82, 2.24) is 4.90 Å². The number of amides is 1. The third kappa shape index (κ3) is 9.06. The van der Waals surface area contributed by atoms with E-state index in [0.29, 0.717) is 46.4 Å². The van der Waals surface area contributed by atoms with E-state index in [0.717, 1.165) is 54.0 Å². The van der Waals surface area contributed by atoms with Gasteiger partial charge in [0.05, 0.1) is 26.3 Å². The number of pyridine rings is 1. The van der Waals surface area contributed by atoms with Gasteiger partial charge in [0.15, 0.2) is 11.5 Å². The molecule has 0 saturated carbocycles. The smallest absolute Gasteiger partial charge is 0.414 e. The van der Waals surface area contributed by atoms with Crippen LogP contribution in [0.5, 0.6) is 17.2 Å². The molecule has 8 rings (SSSR count). The number of anilines is 1. The Bertz CT molecular complexity index is 2190. The summed E-state index contributed by atoms with van der Waals surface area (Å²) in [6, 6.07) is 27.5. The van der Waals surface area contributed by atoms with Crippen molar-refractivity contribution in [3.05, 3.63) is 147 Å². The van der Waals surface area contributed by atoms with Gasteiger partial charge in [0.1, 0.15) is 28.5 Å². The molecule has 4 aromatic carbocycles. The molecular weight excluding hydrogens is 769 g/mol. The number of nitrogens with zero attached hydrogens (tertiary/aromatic N) is 3. The SMILES string of the molecule is COc1ccc([C@H](Cc2c(Cl)c[n+](O)cc2Cl)c2c(COc3ccc(CN(C(=O)O[C@H]4CN5CCC4CC5)c4ccccc4)cc3)cccc2C(=O)O)cc1OC. The fraction of sp³-hybridized carbons (Fsp3) is 0.295. The fourth-order valence-corrected chi connectivity index (χ4v) is 8.48. The minimum absolute atomic E-state index is 0.0362. The molecule has 3 fully saturated rings. The molecule has 11 nitrogen and oxygen atoms in total. The van der Waals surface area contributed by atoms with Gasteiger partial charge in [-0.2, -0.15) is 0 Å². The van der Waals surface area contributed by atoms with Gasteiger partial charge in [0.2, 0.25) is 12.4 Å². The lowest BCUT2D eigenvalue weighted by Crippen LogP contribution is -2.53. The van der Waals surface area contributed by atoms with Crippen LogP contribution in [0.3, 0.4) is 0 Å². The molecule has 3 saturated heterocycles. The predicted molar refractivity (Wildman–Crippen MR) is 215 cm³/mol. The summed E-state index contributed by atoms with van der Waals surface area (Å²) in [5.74, 6) is 0.190. The molecule has 3 aliphatic heterocycles. The normalized spacial score (nSPS) is 17.7. The minimum Gasteiger partial charge on any atom is -0.493 e. The summed E-state index contributed by atoms with van der Waals surface area (Å²) in [5.41, 5.74) is 4.06. The molecule has 1 aromatic heterocycles. The molecule has 13 heteroatoms. The van der Waals surface area contributed by atoms with Crippen molar-refractivity contribution in [2.45, 2.75) is 44.4 Å². The molecule has 0 aliphatic carbocycles. The van der Waals surface area contributed by atoms with Crippen LogP contribution in [0.4, 0.5) is 10.5 Å². The number of piperidine rings is 3. The summed E-state index contributed by atoms with van der Waals surface area (Å²) in [4.78, 5) is 30.6. The average Bonchev–Trinajstić information content (AvgIpc) is 3.22. The Morgan fingerprint density at radius 1 is 0.895 bits per heavy atom. The number of aromatic nitrogens is 1. The number of rotatable bonds is 14. The van der Waals surface area contributed by atoms with Gasteiger partial charge in [-0.15, -0.1) is 0 Å². The Kier molecular flexibility index (Phi) is 12.4. The number of halogens is 2. The second-order valence-corrected chi connectivity index (χ2v) is 15.1.